The quantitative estimate of drug-likeness (QED) is 0.769. The number of hydrogen-bond donors (Lipinski definition) is 1. The van der Waals surface area contributed by atoms with E-state index in [0.29, 0.717) is 18.0 Å². The van der Waals surface area contributed by atoms with Gasteiger partial charge >= 0.3 is 0 Å². The molecule has 26 heavy (non-hydrogen) atoms. The Morgan fingerprint density at radius 1 is 1.12 bits per heavy atom. The van der Waals surface area contributed by atoms with Crippen LogP contribution in [0.25, 0.3) is 0 Å². The zero-order valence-electron chi connectivity index (χ0n) is 15.2. The van der Waals surface area contributed by atoms with E-state index in [1.807, 2.05) is 37.3 Å². The maximum atomic E-state index is 12.0. The van der Waals surface area contributed by atoms with E-state index in [1.165, 1.54) is 10.6 Å². The summed E-state index contributed by atoms with van der Waals surface area (Å²) in [5.74, 6) is 0.276. The average molecular weight is 376 g/mol. The third-order valence-corrected chi connectivity index (χ3v) is 5.13. The normalized spacial score (nSPS) is 12.3. The Balaban J connectivity index is 1.90. The highest BCUT2D eigenvalue weighted by molar-refractivity contribution is 7.92. The van der Waals surface area contributed by atoms with E-state index in [9.17, 15) is 13.2 Å². The lowest BCUT2D eigenvalue weighted by atomic mass is 10.1. The van der Waals surface area contributed by atoms with Gasteiger partial charge in [-0.1, -0.05) is 30.3 Å². The van der Waals surface area contributed by atoms with Crippen LogP contribution >= 0.6 is 0 Å². The second-order valence-corrected chi connectivity index (χ2v) is 7.82. The molecule has 0 aliphatic rings. The number of carbonyl (C=O) groups is 1. The first-order valence-electron chi connectivity index (χ1n) is 8.36. The monoisotopic (exact) mass is 376 g/mol. The largest absolute Gasteiger partial charge is 0.484 e. The second-order valence-electron chi connectivity index (χ2n) is 5.91. The Labute approximate surface area is 154 Å². The maximum absolute atomic E-state index is 12.0. The SMILES string of the molecule is CCN(c1ccc(OCC(=O)NC(C)c2ccccc2)cc1)S(C)(=O)=O. The van der Waals surface area contributed by atoms with Gasteiger partial charge in [0.1, 0.15) is 5.75 Å². The number of carbonyl (C=O) groups excluding carboxylic acids is 1. The third-order valence-electron chi connectivity index (χ3n) is 3.86. The molecule has 2 aromatic rings. The molecule has 0 saturated carbocycles. The number of sulfonamides is 1. The van der Waals surface area contributed by atoms with E-state index < -0.39 is 10.0 Å². The van der Waals surface area contributed by atoms with Gasteiger partial charge in [-0.25, -0.2) is 8.42 Å². The lowest BCUT2D eigenvalue weighted by Gasteiger charge is -2.20. The molecular weight excluding hydrogens is 352 g/mol. The minimum atomic E-state index is -3.32. The summed E-state index contributed by atoms with van der Waals surface area (Å²) in [4.78, 5) is 12.0. The molecule has 0 radical (unpaired) electrons. The van der Waals surface area contributed by atoms with E-state index in [0.717, 1.165) is 5.56 Å². The lowest BCUT2D eigenvalue weighted by Crippen LogP contribution is -2.31. The van der Waals surface area contributed by atoms with Gasteiger partial charge in [-0.3, -0.25) is 9.10 Å². The molecular formula is C19H24N2O4S. The fraction of sp³-hybridized carbons (Fsp3) is 0.316. The van der Waals surface area contributed by atoms with Crippen molar-refractivity contribution in [1.82, 2.24) is 5.32 Å². The molecule has 1 unspecified atom stereocenters. The fourth-order valence-electron chi connectivity index (χ4n) is 2.57. The number of hydrogen-bond acceptors (Lipinski definition) is 4. The first kappa shape index (κ1) is 19.8. The molecule has 6 nitrogen and oxygen atoms in total. The van der Waals surface area contributed by atoms with Crippen LogP contribution in [-0.4, -0.2) is 33.7 Å². The molecule has 140 valence electrons. The van der Waals surface area contributed by atoms with Gasteiger partial charge in [0.05, 0.1) is 18.0 Å². The van der Waals surface area contributed by atoms with E-state index in [2.05, 4.69) is 5.32 Å². The van der Waals surface area contributed by atoms with Gasteiger partial charge in [-0.2, -0.15) is 0 Å². The Kier molecular flexibility index (Phi) is 6.63. The standard InChI is InChI=1S/C19H24N2O4S/c1-4-21(26(3,23)24)17-10-12-18(13-11-17)25-14-19(22)20-15(2)16-8-6-5-7-9-16/h5-13,15H,4,14H2,1-3H3,(H,20,22). The first-order valence-corrected chi connectivity index (χ1v) is 10.2. The minimum absolute atomic E-state index is 0.109. The molecule has 1 atom stereocenters. The zero-order chi connectivity index (χ0) is 19.2. The van der Waals surface area contributed by atoms with Gasteiger partial charge in [0, 0.05) is 6.54 Å². The van der Waals surface area contributed by atoms with Crippen LogP contribution in [0.2, 0.25) is 0 Å². The van der Waals surface area contributed by atoms with E-state index in [-0.39, 0.29) is 18.6 Å². The van der Waals surface area contributed by atoms with Crippen molar-refractivity contribution in [3.63, 3.8) is 0 Å². The molecule has 0 bridgehead atoms. The van der Waals surface area contributed by atoms with Gasteiger partial charge < -0.3 is 10.1 Å². The topological polar surface area (TPSA) is 75.7 Å². The molecule has 1 amide bonds. The summed E-state index contributed by atoms with van der Waals surface area (Å²) in [6, 6.07) is 16.2. The summed E-state index contributed by atoms with van der Waals surface area (Å²) in [5.41, 5.74) is 1.58. The second kappa shape index (κ2) is 8.71. The summed E-state index contributed by atoms with van der Waals surface area (Å²) in [5, 5.41) is 2.87. The minimum Gasteiger partial charge on any atom is -0.484 e. The van der Waals surface area contributed by atoms with E-state index >= 15 is 0 Å². The van der Waals surface area contributed by atoms with Crippen molar-refractivity contribution in [2.24, 2.45) is 0 Å². The molecule has 1 N–H and O–H groups in total. The number of amides is 1. The highest BCUT2D eigenvalue weighted by Crippen LogP contribution is 2.21. The number of benzene rings is 2. The predicted molar refractivity (Wildman–Crippen MR) is 103 cm³/mol. The Morgan fingerprint density at radius 3 is 2.27 bits per heavy atom. The summed E-state index contributed by atoms with van der Waals surface area (Å²) in [6.45, 7) is 3.91. The number of nitrogens with zero attached hydrogens (tertiary/aromatic N) is 1. The lowest BCUT2D eigenvalue weighted by molar-refractivity contribution is -0.123. The number of anilines is 1. The summed E-state index contributed by atoms with van der Waals surface area (Å²) in [6.07, 6.45) is 1.17. The molecule has 0 heterocycles. The van der Waals surface area contributed by atoms with Crippen molar-refractivity contribution in [3.05, 3.63) is 60.2 Å². The highest BCUT2D eigenvalue weighted by Gasteiger charge is 2.15. The van der Waals surface area contributed by atoms with Crippen molar-refractivity contribution in [3.8, 4) is 5.75 Å². The summed E-state index contributed by atoms with van der Waals surface area (Å²) >= 11 is 0. The van der Waals surface area contributed by atoms with Crippen LogP contribution in [0, 0.1) is 0 Å². The van der Waals surface area contributed by atoms with Crippen LogP contribution in [-0.2, 0) is 14.8 Å². The van der Waals surface area contributed by atoms with Gasteiger partial charge in [-0.15, -0.1) is 0 Å². The molecule has 2 aromatic carbocycles. The van der Waals surface area contributed by atoms with Crippen molar-refractivity contribution < 1.29 is 17.9 Å². The Bertz CT molecular complexity index is 820. The van der Waals surface area contributed by atoms with E-state index in [1.54, 1.807) is 31.2 Å². The van der Waals surface area contributed by atoms with Crippen LogP contribution in [0.4, 0.5) is 5.69 Å². The molecule has 0 aromatic heterocycles. The van der Waals surface area contributed by atoms with E-state index in [4.69, 9.17) is 4.74 Å². The molecule has 0 spiro atoms. The van der Waals surface area contributed by atoms with Crippen LogP contribution in [0.5, 0.6) is 5.75 Å². The van der Waals surface area contributed by atoms with Gasteiger partial charge in [0.25, 0.3) is 5.91 Å². The maximum Gasteiger partial charge on any atom is 0.258 e. The average Bonchev–Trinajstić information content (AvgIpc) is 2.61. The van der Waals surface area contributed by atoms with Gasteiger partial charge in [-0.05, 0) is 43.7 Å². The number of ether oxygens (including phenoxy) is 1. The van der Waals surface area contributed by atoms with Crippen LogP contribution < -0.4 is 14.4 Å². The van der Waals surface area contributed by atoms with Crippen LogP contribution in [0.3, 0.4) is 0 Å². The molecule has 0 fully saturated rings. The molecule has 0 aliphatic carbocycles. The molecule has 2 rings (SSSR count). The Hall–Kier alpha value is -2.54. The first-order chi connectivity index (χ1) is 12.3. The van der Waals surface area contributed by atoms with Gasteiger partial charge in [0.15, 0.2) is 6.61 Å². The van der Waals surface area contributed by atoms with Crippen molar-refractivity contribution >= 4 is 21.6 Å². The zero-order valence-corrected chi connectivity index (χ0v) is 16.0. The number of nitrogens with one attached hydrogen (secondary N) is 1. The van der Waals surface area contributed by atoms with Crippen molar-refractivity contribution in [2.45, 2.75) is 19.9 Å². The fourth-order valence-corrected chi connectivity index (χ4v) is 3.55. The van der Waals surface area contributed by atoms with Gasteiger partial charge in [0.2, 0.25) is 10.0 Å². The predicted octanol–water partition coefficient (Wildman–Crippen LogP) is 2.73. The highest BCUT2D eigenvalue weighted by atomic mass is 32.2. The molecule has 7 heteroatoms. The van der Waals surface area contributed by atoms with Crippen molar-refractivity contribution in [1.29, 1.82) is 0 Å². The molecule has 0 saturated heterocycles. The Morgan fingerprint density at radius 2 is 1.73 bits per heavy atom. The summed E-state index contributed by atoms with van der Waals surface area (Å²) in [7, 11) is -3.32. The number of rotatable bonds is 8. The summed E-state index contributed by atoms with van der Waals surface area (Å²) < 4.78 is 30.2. The smallest absolute Gasteiger partial charge is 0.258 e. The van der Waals surface area contributed by atoms with Crippen molar-refractivity contribution in [2.75, 3.05) is 23.7 Å². The molecule has 0 aliphatic heterocycles. The third kappa shape index (κ3) is 5.49. The van der Waals surface area contributed by atoms with Crippen LogP contribution in [0.1, 0.15) is 25.5 Å². The van der Waals surface area contributed by atoms with Crippen LogP contribution in [0.15, 0.2) is 54.6 Å².